The molecule has 2 aromatic rings. The fraction of sp³-hybridized carbons (Fsp3) is 0.389. The number of carbonyl (C=O) groups excluding carboxylic acids is 1. The molecule has 3 heterocycles. The Bertz CT molecular complexity index is 780. The Balaban J connectivity index is 1.50. The molecular weight excluding hydrogens is 302 g/mol. The summed E-state index contributed by atoms with van der Waals surface area (Å²) >= 11 is 0. The summed E-state index contributed by atoms with van der Waals surface area (Å²) in [5, 5.41) is 6.45. The van der Waals surface area contributed by atoms with Gasteiger partial charge in [0.1, 0.15) is 11.6 Å². The molecule has 24 heavy (non-hydrogen) atoms. The van der Waals surface area contributed by atoms with E-state index in [4.69, 9.17) is 0 Å². The Hall–Kier alpha value is -2.63. The third-order valence-electron chi connectivity index (χ3n) is 4.92. The van der Waals surface area contributed by atoms with Gasteiger partial charge < -0.3 is 15.5 Å². The standard InChI is InChI=1S/C18H21N5O/c1-23(2)16(24)10-20-15-4-3-12(8-19-15)13-7-14-17(21-9-13)22-11-18(14)5-6-18/h3-4,7-9H,5-6,10-11H2,1-2H3,(H,19,20)(H,21,22). The average Bonchev–Trinajstić information content (AvgIpc) is 3.30. The lowest BCUT2D eigenvalue weighted by molar-refractivity contribution is -0.126. The Labute approximate surface area is 141 Å². The highest BCUT2D eigenvalue weighted by Crippen LogP contribution is 2.54. The van der Waals surface area contributed by atoms with Crippen LogP contribution in [0.1, 0.15) is 18.4 Å². The zero-order valence-corrected chi connectivity index (χ0v) is 14.0. The van der Waals surface area contributed by atoms with Crippen LogP contribution in [0.3, 0.4) is 0 Å². The fourth-order valence-corrected chi connectivity index (χ4v) is 3.11. The highest BCUT2D eigenvalue weighted by Gasteiger charge is 2.49. The van der Waals surface area contributed by atoms with Crippen LogP contribution in [-0.2, 0) is 10.2 Å². The molecule has 2 aromatic heterocycles. The molecule has 0 saturated heterocycles. The van der Waals surface area contributed by atoms with Crippen molar-refractivity contribution in [3.8, 4) is 11.1 Å². The summed E-state index contributed by atoms with van der Waals surface area (Å²) in [6.45, 7) is 1.26. The van der Waals surface area contributed by atoms with Crippen molar-refractivity contribution >= 4 is 17.5 Å². The minimum Gasteiger partial charge on any atom is -0.369 e. The van der Waals surface area contributed by atoms with E-state index in [2.05, 4.69) is 26.7 Å². The van der Waals surface area contributed by atoms with Crippen LogP contribution in [0.2, 0.25) is 0 Å². The zero-order valence-electron chi connectivity index (χ0n) is 14.0. The van der Waals surface area contributed by atoms with Crippen LogP contribution in [-0.4, -0.2) is 48.0 Å². The van der Waals surface area contributed by atoms with Crippen molar-refractivity contribution in [3.63, 3.8) is 0 Å². The molecule has 1 saturated carbocycles. The predicted octanol–water partition coefficient (Wildman–Crippen LogP) is 2.10. The lowest BCUT2D eigenvalue weighted by Gasteiger charge is -2.12. The van der Waals surface area contributed by atoms with Crippen LogP contribution in [0.4, 0.5) is 11.6 Å². The first-order valence-corrected chi connectivity index (χ1v) is 8.22. The summed E-state index contributed by atoms with van der Waals surface area (Å²) in [7, 11) is 3.48. The number of nitrogens with zero attached hydrogens (tertiary/aromatic N) is 3. The molecule has 1 spiro atoms. The van der Waals surface area contributed by atoms with E-state index in [0.717, 1.165) is 23.5 Å². The number of anilines is 2. The molecule has 124 valence electrons. The summed E-state index contributed by atoms with van der Waals surface area (Å²) in [4.78, 5) is 22.1. The molecule has 1 fully saturated rings. The normalized spacial score (nSPS) is 16.4. The highest BCUT2D eigenvalue weighted by atomic mass is 16.2. The van der Waals surface area contributed by atoms with Crippen molar-refractivity contribution in [1.29, 1.82) is 0 Å². The number of aromatic nitrogens is 2. The van der Waals surface area contributed by atoms with Gasteiger partial charge in [0.2, 0.25) is 5.91 Å². The van der Waals surface area contributed by atoms with E-state index in [1.54, 1.807) is 19.0 Å². The maximum Gasteiger partial charge on any atom is 0.241 e. The van der Waals surface area contributed by atoms with Crippen LogP contribution >= 0.6 is 0 Å². The number of fused-ring (bicyclic) bond motifs is 2. The largest absolute Gasteiger partial charge is 0.369 e. The fourth-order valence-electron chi connectivity index (χ4n) is 3.11. The van der Waals surface area contributed by atoms with E-state index in [0.29, 0.717) is 11.2 Å². The summed E-state index contributed by atoms with van der Waals surface area (Å²) in [6, 6.07) is 6.16. The molecule has 0 aromatic carbocycles. The van der Waals surface area contributed by atoms with Crippen molar-refractivity contribution in [3.05, 3.63) is 36.2 Å². The predicted molar refractivity (Wildman–Crippen MR) is 94.1 cm³/mol. The Morgan fingerprint density at radius 3 is 2.71 bits per heavy atom. The van der Waals surface area contributed by atoms with E-state index >= 15 is 0 Å². The van der Waals surface area contributed by atoms with Gasteiger partial charge in [-0.15, -0.1) is 0 Å². The summed E-state index contributed by atoms with van der Waals surface area (Å²) in [5.41, 5.74) is 3.81. The van der Waals surface area contributed by atoms with Crippen molar-refractivity contribution in [1.82, 2.24) is 14.9 Å². The molecule has 0 bridgehead atoms. The Morgan fingerprint density at radius 1 is 1.25 bits per heavy atom. The quantitative estimate of drug-likeness (QED) is 0.902. The van der Waals surface area contributed by atoms with Crippen molar-refractivity contribution in [2.24, 2.45) is 0 Å². The topological polar surface area (TPSA) is 70.2 Å². The minimum atomic E-state index is 0.0194. The molecule has 0 radical (unpaired) electrons. The number of amides is 1. The SMILES string of the molecule is CN(C)C(=O)CNc1ccc(-c2cnc3c(c2)C2(CC2)CN3)cn1. The maximum absolute atomic E-state index is 11.6. The van der Waals surface area contributed by atoms with E-state index < -0.39 is 0 Å². The molecule has 0 atom stereocenters. The molecular formula is C18H21N5O. The van der Waals surface area contributed by atoms with Gasteiger partial charge in [0.15, 0.2) is 0 Å². The first kappa shape index (κ1) is 14.9. The first-order chi connectivity index (χ1) is 11.6. The van der Waals surface area contributed by atoms with Gasteiger partial charge in [-0.1, -0.05) is 0 Å². The average molecular weight is 323 g/mol. The van der Waals surface area contributed by atoms with Gasteiger partial charge in [0, 0.05) is 55.1 Å². The molecule has 4 rings (SSSR count). The smallest absolute Gasteiger partial charge is 0.241 e. The third kappa shape index (κ3) is 2.58. The van der Waals surface area contributed by atoms with Gasteiger partial charge in [-0.05, 0) is 31.0 Å². The second kappa shape index (κ2) is 5.47. The van der Waals surface area contributed by atoms with Crippen LogP contribution < -0.4 is 10.6 Å². The van der Waals surface area contributed by atoms with Crippen LogP contribution in [0.15, 0.2) is 30.6 Å². The van der Waals surface area contributed by atoms with E-state index in [1.807, 2.05) is 24.5 Å². The molecule has 6 heteroatoms. The molecule has 1 amide bonds. The van der Waals surface area contributed by atoms with Crippen molar-refractivity contribution in [2.75, 3.05) is 37.8 Å². The Morgan fingerprint density at radius 2 is 2.04 bits per heavy atom. The minimum absolute atomic E-state index is 0.0194. The Kier molecular flexibility index (Phi) is 3.40. The molecule has 2 N–H and O–H groups in total. The van der Waals surface area contributed by atoms with Crippen molar-refractivity contribution in [2.45, 2.75) is 18.3 Å². The van der Waals surface area contributed by atoms with Crippen LogP contribution in [0.25, 0.3) is 11.1 Å². The van der Waals surface area contributed by atoms with Gasteiger partial charge in [-0.2, -0.15) is 0 Å². The van der Waals surface area contributed by atoms with Gasteiger partial charge >= 0.3 is 0 Å². The maximum atomic E-state index is 11.6. The van der Waals surface area contributed by atoms with Crippen molar-refractivity contribution < 1.29 is 4.79 Å². The van der Waals surface area contributed by atoms with Gasteiger partial charge in [-0.3, -0.25) is 4.79 Å². The van der Waals surface area contributed by atoms with E-state index in [-0.39, 0.29) is 12.5 Å². The summed E-state index contributed by atoms with van der Waals surface area (Å²) < 4.78 is 0. The molecule has 1 aliphatic heterocycles. The first-order valence-electron chi connectivity index (χ1n) is 8.22. The number of hydrogen-bond donors (Lipinski definition) is 2. The summed E-state index contributed by atoms with van der Waals surface area (Å²) in [5.74, 6) is 1.75. The van der Waals surface area contributed by atoms with Gasteiger partial charge in [0.25, 0.3) is 0 Å². The van der Waals surface area contributed by atoms with Crippen LogP contribution in [0.5, 0.6) is 0 Å². The second-order valence-electron chi connectivity index (χ2n) is 6.83. The van der Waals surface area contributed by atoms with Gasteiger partial charge in [0.05, 0.1) is 6.54 Å². The van der Waals surface area contributed by atoms with E-state index in [1.165, 1.54) is 18.4 Å². The lowest BCUT2D eigenvalue weighted by Crippen LogP contribution is -2.28. The number of pyridine rings is 2. The monoisotopic (exact) mass is 323 g/mol. The number of rotatable bonds is 4. The number of hydrogen-bond acceptors (Lipinski definition) is 5. The second-order valence-corrected chi connectivity index (χ2v) is 6.83. The molecule has 2 aliphatic rings. The van der Waals surface area contributed by atoms with E-state index in [9.17, 15) is 4.79 Å². The zero-order chi connectivity index (χ0) is 16.7. The third-order valence-corrected chi connectivity index (χ3v) is 4.92. The molecule has 0 unspecified atom stereocenters. The van der Waals surface area contributed by atoms with Gasteiger partial charge in [-0.25, -0.2) is 9.97 Å². The molecule has 1 aliphatic carbocycles. The number of carbonyl (C=O) groups is 1. The van der Waals surface area contributed by atoms with Crippen LogP contribution in [0, 0.1) is 0 Å². The number of likely N-dealkylation sites (N-methyl/N-ethyl adjacent to an activating group) is 1. The number of nitrogens with one attached hydrogen (secondary N) is 2. The molecule has 6 nitrogen and oxygen atoms in total. The lowest BCUT2D eigenvalue weighted by atomic mass is 9.97. The highest BCUT2D eigenvalue weighted by molar-refractivity contribution is 5.80. The summed E-state index contributed by atoms with van der Waals surface area (Å²) in [6.07, 6.45) is 6.22.